The molecule has 1 aliphatic heterocycles. The minimum absolute atomic E-state index is 0.104. The fraction of sp³-hybridized carbons (Fsp3) is 0.321. The first-order chi connectivity index (χ1) is 15.5. The molecule has 32 heavy (non-hydrogen) atoms. The van der Waals surface area contributed by atoms with E-state index in [4.69, 9.17) is 0 Å². The van der Waals surface area contributed by atoms with Crippen molar-refractivity contribution in [3.8, 4) is 5.75 Å². The predicted molar refractivity (Wildman–Crippen MR) is 135 cm³/mol. The number of phenolic OH excluding ortho intramolecular Hbond substituents is 1. The van der Waals surface area contributed by atoms with Gasteiger partial charge in [-0.1, -0.05) is 95.6 Å². The molecule has 3 aromatic carbocycles. The van der Waals surface area contributed by atoms with Gasteiger partial charge >= 0.3 is 0 Å². The van der Waals surface area contributed by atoms with Gasteiger partial charge in [0.2, 0.25) is 0 Å². The number of ketones is 1. The highest BCUT2D eigenvalue weighted by molar-refractivity contribution is 7.48. The molecule has 166 valence electrons. The summed E-state index contributed by atoms with van der Waals surface area (Å²) in [6.45, 7) is 7.65. The van der Waals surface area contributed by atoms with Crippen molar-refractivity contribution in [1.82, 2.24) is 4.90 Å². The smallest absolute Gasteiger partial charge is 0.196 e. The molecule has 1 saturated heterocycles. The third-order valence-electron chi connectivity index (χ3n) is 6.30. The van der Waals surface area contributed by atoms with E-state index in [-0.39, 0.29) is 16.7 Å². The molecular formula is C28H32NO2P. The van der Waals surface area contributed by atoms with Crippen LogP contribution in [0.5, 0.6) is 5.75 Å². The largest absolute Gasteiger partial charge is 0.507 e. The summed E-state index contributed by atoms with van der Waals surface area (Å²) in [5.41, 5.74) is 3.16. The molecular weight excluding hydrogens is 413 g/mol. The Kier molecular flexibility index (Phi) is 7.08. The van der Waals surface area contributed by atoms with Gasteiger partial charge in [0.25, 0.3) is 0 Å². The highest BCUT2D eigenvalue weighted by atomic mass is 31.1. The van der Waals surface area contributed by atoms with E-state index < -0.39 is 0 Å². The van der Waals surface area contributed by atoms with Crippen molar-refractivity contribution in [2.75, 3.05) is 13.1 Å². The lowest BCUT2D eigenvalue weighted by Crippen LogP contribution is -2.31. The van der Waals surface area contributed by atoms with Gasteiger partial charge < -0.3 is 5.11 Å². The van der Waals surface area contributed by atoms with Crippen molar-refractivity contribution in [1.29, 1.82) is 0 Å². The van der Waals surface area contributed by atoms with Crippen molar-refractivity contribution in [3.05, 3.63) is 95.1 Å². The molecule has 3 nitrogen and oxygen atoms in total. The van der Waals surface area contributed by atoms with E-state index in [1.54, 1.807) is 18.2 Å². The maximum Gasteiger partial charge on any atom is 0.196 e. The standard InChI is InChI=1S/C28H32NO2P/c1-28(2,32-25-17-8-7-14-22(25)20-29-18-9-4-10-19-29)24-16-11-15-23(27(24)31)26(30)21-12-5-3-6-13-21/h3,5-8,11-17,31-32H,4,9-10,18-20H2,1-2H3. The Hall–Kier alpha value is -2.48. The number of carbonyl (C=O) groups excluding carboxylic acids is 1. The monoisotopic (exact) mass is 445 g/mol. The molecule has 4 rings (SSSR count). The van der Waals surface area contributed by atoms with Crippen LogP contribution in [0.15, 0.2) is 72.8 Å². The third kappa shape index (κ3) is 5.11. The molecule has 4 heteroatoms. The fourth-order valence-electron chi connectivity index (χ4n) is 4.52. The summed E-state index contributed by atoms with van der Waals surface area (Å²) in [6, 6.07) is 23.4. The first-order valence-corrected chi connectivity index (χ1v) is 12.5. The lowest BCUT2D eigenvalue weighted by molar-refractivity contribution is 0.103. The molecule has 0 spiro atoms. The van der Waals surface area contributed by atoms with E-state index >= 15 is 0 Å². The van der Waals surface area contributed by atoms with Crippen LogP contribution >= 0.6 is 8.58 Å². The van der Waals surface area contributed by atoms with Gasteiger partial charge in [-0.05, 0) is 42.9 Å². The van der Waals surface area contributed by atoms with Crippen LogP contribution in [0.2, 0.25) is 0 Å². The first kappa shape index (κ1) is 22.7. The van der Waals surface area contributed by atoms with Gasteiger partial charge in [-0.15, -0.1) is 0 Å². The number of hydrogen-bond donors (Lipinski definition) is 1. The van der Waals surface area contributed by atoms with Crippen LogP contribution in [0.3, 0.4) is 0 Å². The lowest BCUT2D eigenvalue weighted by atomic mass is 9.94. The van der Waals surface area contributed by atoms with Crippen molar-refractivity contribution in [2.24, 2.45) is 0 Å². The number of piperidine rings is 1. The van der Waals surface area contributed by atoms with E-state index in [1.807, 2.05) is 30.3 Å². The summed E-state index contributed by atoms with van der Waals surface area (Å²) < 4.78 is 0. The molecule has 0 aromatic heterocycles. The zero-order valence-electron chi connectivity index (χ0n) is 19.0. The molecule has 0 bridgehead atoms. The summed E-state index contributed by atoms with van der Waals surface area (Å²) >= 11 is 0. The van der Waals surface area contributed by atoms with Crippen LogP contribution < -0.4 is 5.30 Å². The Bertz CT molecular complexity index is 1070. The predicted octanol–water partition coefficient (Wildman–Crippen LogP) is 5.85. The highest BCUT2D eigenvalue weighted by Crippen LogP contribution is 2.45. The second kappa shape index (κ2) is 9.98. The molecule has 0 aliphatic carbocycles. The Balaban J connectivity index is 1.60. The van der Waals surface area contributed by atoms with Crippen LogP contribution in [-0.2, 0) is 11.7 Å². The molecule has 1 unspecified atom stereocenters. The molecule has 1 aliphatic rings. The SMILES string of the molecule is CC(C)(Pc1ccccc1CN1CCCCC1)c1cccc(C(=O)c2ccccc2)c1O. The van der Waals surface area contributed by atoms with Crippen LogP contribution in [-0.4, -0.2) is 28.9 Å². The van der Waals surface area contributed by atoms with Gasteiger partial charge in [0.05, 0.1) is 5.56 Å². The Labute approximate surface area is 193 Å². The van der Waals surface area contributed by atoms with Gasteiger partial charge in [-0.25, -0.2) is 0 Å². The summed E-state index contributed by atoms with van der Waals surface area (Å²) in [6.07, 6.45) is 3.91. The number of rotatable bonds is 7. The number of likely N-dealkylation sites (tertiary alicyclic amines) is 1. The van der Waals surface area contributed by atoms with Gasteiger partial charge in [0.15, 0.2) is 5.78 Å². The van der Waals surface area contributed by atoms with Gasteiger partial charge in [0.1, 0.15) is 5.75 Å². The Morgan fingerprint density at radius 3 is 2.34 bits per heavy atom. The zero-order valence-corrected chi connectivity index (χ0v) is 20.0. The Morgan fingerprint density at radius 2 is 1.59 bits per heavy atom. The van der Waals surface area contributed by atoms with Crippen molar-refractivity contribution in [3.63, 3.8) is 0 Å². The van der Waals surface area contributed by atoms with E-state index in [9.17, 15) is 9.90 Å². The average molecular weight is 446 g/mol. The lowest BCUT2D eigenvalue weighted by Gasteiger charge is -2.30. The number of carbonyl (C=O) groups is 1. The molecule has 0 saturated carbocycles. The maximum atomic E-state index is 13.0. The molecule has 1 fully saturated rings. The molecule has 3 aromatic rings. The topological polar surface area (TPSA) is 40.5 Å². The second-order valence-electron chi connectivity index (χ2n) is 9.14. The summed E-state index contributed by atoms with van der Waals surface area (Å²) in [5, 5.41) is 12.2. The molecule has 0 amide bonds. The van der Waals surface area contributed by atoms with Crippen LogP contribution in [0, 0.1) is 0 Å². The number of para-hydroxylation sites is 1. The minimum Gasteiger partial charge on any atom is -0.507 e. The number of hydrogen-bond acceptors (Lipinski definition) is 3. The van der Waals surface area contributed by atoms with E-state index in [0.29, 0.717) is 19.7 Å². The van der Waals surface area contributed by atoms with E-state index in [0.717, 1.165) is 12.1 Å². The van der Waals surface area contributed by atoms with Crippen LogP contribution in [0.4, 0.5) is 0 Å². The van der Waals surface area contributed by atoms with Crippen molar-refractivity contribution >= 4 is 19.7 Å². The molecule has 1 atom stereocenters. The number of phenols is 1. The molecule has 0 radical (unpaired) electrons. The van der Waals surface area contributed by atoms with Crippen molar-refractivity contribution < 1.29 is 9.90 Å². The number of nitrogens with zero attached hydrogens (tertiary/aromatic N) is 1. The zero-order chi connectivity index (χ0) is 22.6. The minimum atomic E-state index is -0.297. The first-order valence-electron chi connectivity index (χ1n) is 11.5. The van der Waals surface area contributed by atoms with Crippen molar-refractivity contribution in [2.45, 2.75) is 44.8 Å². The van der Waals surface area contributed by atoms with Gasteiger partial charge in [-0.3, -0.25) is 9.69 Å². The van der Waals surface area contributed by atoms with Crippen LogP contribution in [0.25, 0.3) is 0 Å². The Morgan fingerprint density at radius 1 is 0.906 bits per heavy atom. The van der Waals surface area contributed by atoms with Gasteiger partial charge in [-0.2, -0.15) is 0 Å². The summed E-state index contributed by atoms with van der Waals surface area (Å²) in [7, 11) is 0.483. The highest BCUT2D eigenvalue weighted by Gasteiger charge is 2.28. The maximum absolute atomic E-state index is 13.0. The fourth-order valence-corrected chi connectivity index (χ4v) is 6.03. The normalized spacial score (nSPS) is 15.3. The van der Waals surface area contributed by atoms with E-state index in [2.05, 4.69) is 43.0 Å². The molecule has 1 heterocycles. The quantitative estimate of drug-likeness (QED) is 0.366. The number of aromatic hydroxyl groups is 1. The molecule has 1 N–H and O–H groups in total. The van der Waals surface area contributed by atoms with E-state index in [1.165, 1.54) is 43.2 Å². The summed E-state index contributed by atoms with van der Waals surface area (Å²) in [4.78, 5) is 15.6. The summed E-state index contributed by atoms with van der Waals surface area (Å²) in [5.74, 6) is -0.0399. The van der Waals surface area contributed by atoms with Crippen LogP contribution in [0.1, 0.15) is 60.2 Å². The number of benzene rings is 3. The third-order valence-corrected chi connectivity index (χ3v) is 7.95. The van der Waals surface area contributed by atoms with Gasteiger partial charge in [0, 0.05) is 22.8 Å². The second-order valence-corrected chi connectivity index (χ2v) is 11.2. The average Bonchev–Trinajstić information content (AvgIpc) is 2.81.